The third kappa shape index (κ3) is 3.88. The van der Waals surface area contributed by atoms with Gasteiger partial charge in [0, 0.05) is 29.5 Å². The van der Waals surface area contributed by atoms with E-state index in [2.05, 4.69) is 10.6 Å². The smallest absolute Gasteiger partial charge is 0.250 e. The number of amides is 3. The van der Waals surface area contributed by atoms with E-state index in [0.29, 0.717) is 42.1 Å². The molecule has 2 unspecified atom stereocenters. The van der Waals surface area contributed by atoms with Crippen LogP contribution in [0.1, 0.15) is 32.6 Å². The number of aliphatic hydroxyl groups excluding tert-OH is 1. The lowest BCUT2D eigenvalue weighted by molar-refractivity contribution is -0.144. The van der Waals surface area contributed by atoms with Crippen molar-refractivity contribution in [1.29, 1.82) is 0 Å². The van der Waals surface area contributed by atoms with Gasteiger partial charge in [0.2, 0.25) is 17.7 Å². The Bertz CT molecular complexity index is 1160. The Morgan fingerprint density at radius 3 is 2.39 bits per heavy atom. The number of carbonyl (C=O) groups excluding carboxylic acids is 3. The highest BCUT2D eigenvalue weighted by Gasteiger charge is 2.78. The van der Waals surface area contributed by atoms with Crippen LogP contribution in [0.4, 0.5) is 11.4 Å². The van der Waals surface area contributed by atoms with Crippen LogP contribution in [-0.2, 0) is 19.1 Å². The Balaban J connectivity index is 1.51. The van der Waals surface area contributed by atoms with E-state index in [4.69, 9.17) is 16.3 Å². The number of ether oxygens (including phenoxy) is 1. The zero-order chi connectivity index (χ0) is 25.5. The van der Waals surface area contributed by atoms with Crippen LogP contribution in [0, 0.1) is 11.8 Å². The number of hydrogen-bond acceptors (Lipinski definition) is 5. The number of rotatable bonds is 8. The highest BCUT2D eigenvalue weighted by atomic mass is 35.5. The summed E-state index contributed by atoms with van der Waals surface area (Å²) in [6.45, 7) is 2.03. The number of nitrogens with zero attached hydrogens (tertiary/aromatic N) is 1. The molecule has 3 N–H and O–H groups in total. The van der Waals surface area contributed by atoms with Crippen LogP contribution in [0.2, 0.25) is 5.02 Å². The van der Waals surface area contributed by atoms with Gasteiger partial charge in [0.05, 0.1) is 17.4 Å². The third-order valence-electron chi connectivity index (χ3n) is 7.92. The zero-order valence-corrected chi connectivity index (χ0v) is 20.8. The predicted octanol–water partition coefficient (Wildman–Crippen LogP) is 3.45. The molecule has 2 aromatic rings. The standard InChI is InChI=1S/C27H30ClN3O5/c1-2-26-13-14-27(36-26)21(20(26)23(33)29-18-7-4-3-5-8-18)25(35)31(15-6-16-32)22(27)24(34)30-19-11-9-17(28)10-12-19/h3-5,7-12,20-22,32H,2,6,13-16H2,1H3,(H,29,33)(H,30,34)/t20-,21-,22?,26+,27?/m0/s1. The Morgan fingerprint density at radius 1 is 1.06 bits per heavy atom. The van der Waals surface area contributed by atoms with E-state index in [-0.39, 0.29) is 30.9 Å². The lowest BCUT2D eigenvalue weighted by atomic mass is 9.65. The van der Waals surface area contributed by atoms with Crippen molar-refractivity contribution >= 4 is 40.7 Å². The molecule has 190 valence electrons. The number of anilines is 2. The number of para-hydroxylation sites is 1. The monoisotopic (exact) mass is 511 g/mol. The maximum absolute atomic E-state index is 13.9. The number of hydrogen-bond donors (Lipinski definition) is 3. The molecule has 3 aliphatic rings. The molecule has 36 heavy (non-hydrogen) atoms. The lowest BCUT2D eigenvalue weighted by Gasteiger charge is -2.34. The van der Waals surface area contributed by atoms with E-state index in [1.165, 1.54) is 4.90 Å². The van der Waals surface area contributed by atoms with Crippen molar-refractivity contribution in [1.82, 2.24) is 4.90 Å². The SMILES string of the molecule is CC[C@]12CCC3(O1)C(C(=O)Nc1ccc(Cl)cc1)N(CCCO)C(=O)[C@@H]3[C@H]2C(=O)Nc1ccccc1. The molecule has 1 spiro atoms. The lowest BCUT2D eigenvalue weighted by Crippen LogP contribution is -2.53. The number of likely N-dealkylation sites (tertiary alicyclic amines) is 1. The molecule has 3 aliphatic heterocycles. The number of nitrogens with one attached hydrogen (secondary N) is 2. The topological polar surface area (TPSA) is 108 Å². The number of halogens is 1. The molecule has 5 atom stereocenters. The van der Waals surface area contributed by atoms with Crippen LogP contribution >= 0.6 is 11.6 Å². The van der Waals surface area contributed by atoms with E-state index in [0.717, 1.165) is 0 Å². The summed E-state index contributed by atoms with van der Waals surface area (Å²) < 4.78 is 6.70. The average Bonchev–Trinajstić information content (AvgIpc) is 3.48. The van der Waals surface area contributed by atoms with Gasteiger partial charge in [0.25, 0.3) is 0 Å². The first-order valence-corrected chi connectivity index (χ1v) is 12.8. The van der Waals surface area contributed by atoms with Gasteiger partial charge in [-0.05, 0) is 62.1 Å². The fourth-order valence-corrected chi connectivity index (χ4v) is 6.51. The molecule has 0 aliphatic carbocycles. The fraction of sp³-hybridized carbons (Fsp3) is 0.444. The summed E-state index contributed by atoms with van der Waals surface area (Å²) in [7, 11) is 0. The first kappa shape index (κ1) is 24.7. The van der Waals surface area contributed by atoms with Gasteiger partial charge in [-0.3, -0.25) is 14.4 Å². The molecule has 2 bridgehead atoms. The third-order valence-corrected chi connectivity index (χ3v) is 8.17. The Morgan fingerprint density at radius 2 is 1.72 bits per heavy atom. The molecular formula is C27H30ClN3O5. The summed E-state index contributed by atoms with van der Waals surface area (Å²) in [6, 6.07) is 14.9. The van der Waals surface area contributed by atoms with Crippen molar-refractivity contribution < 1.29 is 24.2 Å². The van der Waals surface area contributed by atoms with E-state index < -0.39 is 29.1 Å². The molecule has 3 fully saturated rings. The van der Waals surface area contributed by atoms with Crippen LogP contribution in [-0.4, -0.2) is 58.1 Å². The minimum Gasteiger partial charge on any atom is -0.396 e. The quantitative estimate of drug-likeness (QED) is 0.503. The minimum absolute atomic E-state index is 0.120. The summed E-state index contributed by atoms with van der Waals surface area (Å²) in [6.07, 6.45) is 1.95. The molecule has 3 saturated heterocycles. The van der Waals surface area contributed by atoms with E-state index >= 15 is 0 Å². The first-order valence-electron chi connectivity index (χ1n) is 12.4. The second-order valence-corrected chi connectivity index (χ2v) is 10.2. The summed E-state index contributed by atoms with van der Waals surface area (Å²) in [5.41, 5.74) is -0.737. The van der Waals surface area contributed by atoms with Gasteiger partial charge < -0.3 is 25.4 Å². The number of aliphatic hydroxyl groups is 1. The van der Waals surface area contributed by atoms with Crippen molar-refractivity contribution in [2.45, 2.75) is 49.9 Å². The van der Waals surface area contributed by atoms with Crippen LogP contribution in [0.15, 0.2) is 54.6 Å². The largest absolute Gasteiger partial charge is 0.396 e. The van der Waals surface area contributed by atoms with Crippen molar-refractivity contribution in [2.24, 2.45) is 11.8 Å². The van der Waals surface area contributed by atoms with Crippen molar-refractivity contribution in [3.05, 3.63) is 59.6 Å². The second kappa shape index (κ2) is 9.50. The molecule has 0 saturated carbocycles. The first-order chi connectivity index (χ1) is 17.3. The average molecular weight is 512 g/mol. The van der Waals surface area contributed by atoms with Crippen molar-refractivity contribution in [2.75, 3.05) is 23.8 Å². The van der Waals surface area contributed by atoms with Crippen LogP contribution < -0.4 is 10.6 Å². The van der Waals surface area contributed by atoms with Gasteiger partial charge in [0.1, 0.15) is 11.6 Å². The van der Waals surface area contributed by atoms with Gasteiger partial charge in [-0.15, -0.1) is 0 Å². The molecule has 0 radical (unpaired) electrons. The second-order valence-electron chi connectivity index (χ2n) is 9.79. The maximum Gasteiger partial charge on any atom is 0.250 e. The summed E-state index contributed by atoms with van der Waals surface area (Å²) in [5, 5.41) is 15.9. The molecule has 3 heterocycles. The van der Waals surface area contributed by atoms with Crippen LogP contribution in [0.5, 0.6) is 0 Å². The van der Waals surface area contributed by atoms with Crippen LogP contribution in [0.25, 0.3) is 0 Å². The van der Waals surface area contributed by atoms with Crippen molar-refractivity contribution in [3.8, 4) is 0 Å². The normalized spacial score (nSPS) is 30.4. The van der Waals surface area contributed by atoms with Crippen LogP contribution in [0.3, 0.4) is 0 Å². The van der Waals surface area contributed by atoms with Gasteiger partial charge in [0.15, 0.2) is 0 Å². The van der Waals surface area contributed by atoms with Crippen molar-refractivity contribution in [3.63, 3.8) is 0 Å². The number of fused-ring (bicyclic) bond motifs is 1. The number of carbonyl (C=O) groups is 3. The molecule has 0 aromatic heterocycles. The summed E-state index contributed by atoms with van der Waals surface area (Å²) in [4.78, 5) is 42.8. The fourth-order valence-electron chi connectivity index (χ4n) is 6.38. The Labute approximate surface area is 215 Å². The van der Waals surface area contributed by atoms with Gasteiger partial charge >= 0.3 is 0 Å². The Hall–Kier alpha value is -2.94. The molecule has 3 amide bonds. The summed E-state index contributed by atoms with van der Waals surface area (Å²) in [5.74, 6) is -2.43. The van der Waals surface area contributed by atoms with E-state index in [1.54, 1.807) is 36.4 Å². The molecule has 9 heteroatoms. The number of benzene rings is 2. The van der Waals surface area contributed by atoms with Gasteiger partial charge in [-0.2, -0.15) is 0 Å². The molecule has 2 aromatic carbocycles. The molecule has 5 rings (SSSR count). The predicted molar refractivity (Wildman–Crippen MR) is 135 cm³/mol. The molecule has 8 nitrogen and oxygen atoms in total. The van der Waals surface area contributed by atoms with E-state index in [1.807, 2.05) is 25.1 Å². The molecular weight excluding hydrogens is 482 g/mol. The van der Waals surface area contributed by atoms with E-state index in [9.17, 15) is 19.5 Å². The highest BCUT2D eigenvalue weighted by Crippen LogP contribution is 2.64. The minimum atomic E-state index is -1.11. The maximum atomic E-state index is 13.9. The highest BCUT2D eigenvalue weighted by molar-refractivity contribution is 6.30. The van der Waals surface area contributed by atoms with Gasteiger partial charge in [-0.1, -0.05) is 36.7 Å². The zero-order valence-electron chi connectivity index (χ0n) is 20.1. The Kier molecular flexibility index (Phi) is 6.53. The summed E-state index contributed by atoms with van der Waals surface area (Å²) >= 11 is 5.99. The van der Waals surface area contributed by atoms with Gasteiger partial charge in [-0.25, -0.2) is 0 Å².